The first-order valence-corrected chi connectivity index (χ1v) is 8.10. The highest BCUT2D eigenvalue weighted by molar-refractivity contribution is 7.18. The molecule has 2 N–H and O–H groups in total. The van der Waals surface area contributed by atoms with E-state index in [1.807, 2.05) is 0 Å². The third-order valence-corrected chi connectivity index (χ3v) is 5.54. The minimum Gasteiger partial charge on any atom is -0.383 e. The molecule has 108 valence electrons. The molecule has 1 aliphatic carbocycles. The lowest BCUT2D eigenvalue weighted by molar-refractivity contribution is 0.232. The molecular formula is C15H22N4S. The van der Waals surface area contributed by atoms with E-state index in [1.54, 1.807) is 11.3 Å². The average molecular weight is 290 g/mol. The molecule has 2 aromatic heterocycles. The van der Waals surface area contributed by atoms with Crippen molar-refractivity contribution in [3.63, 3.8) is 0 Å². The van der Waals surface area contributed by atoms with Crippen molar-refractivity contribution in [2.24, 2.45) is 0 Å². The second-order valence-corrected chi connectivity index (χ2v) is 7.05. The highest BCUT2D eigenvalue weighted by atomic mass is 32.1. The van der Waals surface area contributed by atoms with Gasteiger partial charge in [0, 0.05) is 10.9 Å². The molecule has 20 heavy (non-hydrogen) atoms. The first kappa shape index (κ1) is 13.8. The lowest BCUT2D eigenvalue weighted by Crippen LogP contribution is -2.29. The van der Waals surface area contributed by atoms with Crippen molar-refractivity contribution in [3.8, 4) is 0 Å². The summed E-state index contributed by atoms with van der Waals surface area (Å²) in [6.45, 7) is 5.00. The third-order valence-electron chi connectivity index (χ3n) is 4.44. The van der Waals surface area contributed by atoms with Gasteiger partial charge in [-0.3, -0.25) is 4.90 Å². The maximum atomic E-state index is 6.14. The molecule has 0 aromatic carbocycles. The number of nitrogens with zero attached hydrogens (tertiary/aromatic N) is 3. The van der Waals surface area contributed by atoms with Crippen LogP contribution in [0.4, 0.5) is 5.82 Å². The van der Waals surface area contributed by atoms with Crippen LogP contribution in [-0.4, -0.2) is 28.0 Å². The predicted octanol–water partition coefficient (Wildman–Crippen LogP) is 3.26. The number of hydrogen-bond acceptors (Lipinski definition) is 5. The van der Waals surface area contributed by atoms with Crippen molar-refractivity contribution >= 4 is 27.4 Å². The summed E-state index contributed by atoms with van der Waals surface area (Å²) in [4.78, 5) is 13.9. The van der Waals surface area contributed by atoms with Crippen LogP contribution in [0.25, 0.3) is 10.2 Å². The second kappa shape index (κ2) is 5.30. The summed E-state index contributed by atoms with van der Waals surface area (Å²) in [6.07, 6.45) is 5.29. The highest BCUT2D eigenvalue weighted by Crippen LogP contribution is 2.32. The van der Waals surface area contributed by atoms with Crippen LogP contribution in [0.1, 0.15) is 41.9 Å². The summed E-state index contributed by atoms with van der Waals surface area (Å²) in [5.74, 6) is 1.48. The Morgan fingerprint density at radius 2 is 1.95 bits per heavy atom. The van der Waals surface area contributed by atoms with Gasteiger partial charge in [-0.2, -0.15) is 0 Å². The second-order valence-electron chi connectivity index (χ2n) is 5.84. The number of thiophene rings is 1. The number of hydrogen-bond donors (Lipinski definition) is 1. The topological polar surface area (TPSA) is 55.0 Å². The third kappa shape index (κ3) is 2.40. The van der Waals surface area contributed by atoms with Crippen molar-refractivity contribution in [1.29, 1.82) is 0 Å². The monoisotopic (exact) mass is 290 g/mol. The molecule has 1 saturated carbocycles. The molecule has 0 amide bonds. The van der Waals surface area contributed by atoms with E-state index >= 15 is 0 Å². The number of nitrogen functional groups attached to an aromatic ring is 1. The van der Waals surface area contributed by atoms with Gasteiger partial charge in [0.25, 0.3) is 0 Å². The van der Waals surface area contributed by atoms with Crippen molar-refractivity contribution in [2.45, 2.75) is 52.1 Å². The van der Waals surface area contributed by atoms with Crippen LogP contribution < -0.4 is 5.73 Å². The largest absolute Gasteiger partial charge is 0.383 e. The van der Waals surface area contributed by atoms with Gasteiger partial charge < -0.3 is 5.73 Å². The quantitative estimate of drug-likeness (QED) is 0.942. The van der Waals surface area contributed by atoms with Crippen LogP contribution in [0.3, 0.4) is 0 Å². The first-order valence-electron chi connectivity index (χ1n) is 7.28. The number of rotatable bonds is 3. The van der Waals surface area contributed by atoms with Crippen LogP contribution in [0, 0.1) is 13.8 Å². The molecular weight excluding hydrogens is 268 g/mol. The van der Waals surface area contributed by atoms with E-state index in [1.165, 1.54) is 36.1 Å². The molecule has 0 atom stereocenters. The fourth-order valence-corrected chi connectivity index (χ4v) is 4.15. The fourth-order valence-electron chi connectivity index (χ4n) is 3.09. The molecule has 0 spiro atoms. The van der Waals surface area contributed by atoms with E-state index < -0.39 is 0 Å². The maximum absolute atomic E-state index is 6.14. The molecule has 0 unspecified atom stereocenters. The van der Waals surface area contributed by atoms with E-state index in [2.05, 4.69) is 30.8 Å². The van der Waals surface area contributed by atoms with Gasteiger partial charge in [-0.25, -0.2) is 9.97 Å². The van der Waals surface area contributed by atoms with Crippen molar-refractivity contribution in [2.75, 3.05) is 12.8 Å². The summed E-state index contributed by atoms with van der Waals surface area (Å²) in [6, 6.07) is 0.683. The normalized spacial score (nSPS) is 16.6. The SMILES string of the molecule is Cc1sc2nc(CN(C)C3CCCC3)nc(N)c2c1C. The zero-order chi connectivity index (χ0) is 14.3. The van der Waals surface area contributed by atoms with E-state index in [4.69, 9.17) is 10.7 Å². The zero-order valence-corrected chi connectivity index (χ0v) is 13.3. The lowest BCUT2D eigenvalue weighted by Gasteiger charge is -2.23. The van der Waals surface area contributed by atoms with Gasteiger partial charge in [0.1, 0.15) is 16.5 Å². The number of aromatic nitrogens is 2. The van der Waals surface area contributed by atoms with Gasteiger partial charge in [-0.15, -0.1) is 11.3 Å². The number of nitrogens with two attached hydrogens (primary N) is 1. The van der Waals surface area contributed by atoms with E-state index in [-0.39, 0.29) is 0 Å². The molecule has 0 aliphatic heterocycles. The van der Waals surface area contributed by atoms with E-state index in [9.17, 15) is 0 Å². The van der Waals surface area contributed by atoms with Crippen LogP contribution in [-0.2, 0) is 6.54 Å². The van der Waals surface area contributed by atoms with E-state index in [0.29, 0.717) is 11.9 Å². The Morgan fingerprint density at radius 1 is 1.25 bits per heavy atom. The molecule has 2 aromatic rings. The Balaban J connectivity index is 1.88. The molecule has 5 heteroatoms. The van der Waals surface area contributed by atoms with Gasteiger partial charge in [0.2, 0.25) is 0 Å². The predicted molar refractivity (Wildman–Crippen MR) is 85.0 cm³/mol. The van der Waals surface area contributed by atoms with Crippen molar-refractivity contribution < 1.29 is 0 Å². The van der Waals surface area contributed by atoms with Crippen molar-refractivity contribution in [1.82, 2.24) is 14.9 Å². The Labute approximate surface area is 124 Å². The Bertz CT molecular complexity index is 628. The van der Waals surface area contributed by atoms with Crippen LogP contribution in [0.15, 0.2) is 0 Å². The molecule has 2 heterocycles. The minimum atomic E-state index is 0.631. The van der Waals surface area contributed by atoms with Gasteiger partial charge in [0.15, 0.2) is 0 Å². The molecule has 1 aliphatic rings. The zero-order valence-electron chi connectivity index (χ0n) is 12.4. The summed E-state index contributed by atoms with van der Waals surface area (Å²) in [7, 11) is 2.17. The summed E-state index contributed by atoms with van der Waals surface area (Å²) in [5, 5.41) is 1.04. The molecule has 0 radical (unpaired) electrons. The number of aryl methyl sites for hydroxylation is 2. The summed E-state index contributed by atoms with van der Waals surface area (Å²) < 4.78 is 0. The fraction of sp³-hybridized carbons (Fsp3) is 0.600. The summed E-state index contributed by atoms with van der Waals surface area (Å²) >= 11 is 1.72. The molecule has 3 rings (SSSR count). The standard InChI is InChI=1S/C15H22N4S/c1-9-10(2)20-15-13(9)14(16)17-12(18-15)8-19(3)11-6-4-5-7-11/h11H,4-8H2,1-3H3,(H2,16,17,18). The van der Waals surface area contributed by atoms with Crippen molar-refractivity contribution in [3.05, 3.63) is 16.3 Å². The Kier molecular flexibility index (Phi) is 3.65. The first-order chi connectivity index (χ1) is 9.56. The van der Waals surface area contributed by atoms with Gasteiger partial charge in [-0.05, 0) is 39.3 Å². The minimum absolute atomic E-state index is 0.631. The molecule has 1 fully saturated rings. The van der Waals surface area contributed by atoms with Gasteiger partial charge >= 0.3 is 0 Å². The Hall–Kier alpha value is -1.20. The van der Waals surface area contributed by atoms with Crippen LogP contribution in [0.2, 0.25) is 0 Å². The smallest absolute Gasteiger partial charge is 0.146 e. The molecule has 0 saturated heterocycles. The number of fused-ring (bicyclic) bond motifs is 1. The number of anilines is 1. The van der Waals surface area contributed by atoms with Crippen LogP contribution in [0.5, 0.6) is 0 Å². The van der Waals surface area contributed by atoms with Gasteiger partial charge in [0.05, 0.1) is 11.9 Å². The van der Waals surface area contributed by atoms with Crippen LogP contribution >= 0.6 is 11.3 Å². The Morgan fingerprint density at radius 3 is 2.65 bits per heavy atom. The summed E-state index contributed by atoms with van der Waals surface area (Å²) in [5.41, 5.74) is 7.36. The molecule has 0 bridgehead atoms. The maximum Gasteiger partial charge on any atom is 0.146 e. The van der Waals surface area contributed by atoms with Gasteiger partial charge in [-0.1, -0.05) is 12.8 Å². The lowest BCUT2D eigenvalue weighted by atomic mass is 10.2. The van der Waals surface area contributed by atoms with E-state index in [0.717, 1.165) is 22.6 Å². The highest BCUT2D eigenvalue weighted by Gasteiger charge is 2.21. The average Bonchev–Trinajstić information content (AvgIpc) is 2.99. The molecule has 4 nitrogen and oxygen atoms in total.